The lowest BCUT2D eigenvalue weighted by Gasteiger charge is -2.23. The van der Waals surface area contributed by atoms with Gasteiger partial charge in [-0.25, -0.2) is 0 Å². The molecule has 0 spiro atoms. The van der Waals surface area contributed by atoms with Crippen LogP contribution in [0.4, 0.5) is 0 Å². The van der Waals surface area contributed by atoms with Crippen LogP contribution in [0, 0.1) is 5.92 Å². The topological polar surface area (TPSA) is 26.3 Å². The molecule has 2 nitrogen and oxygen atoms in total. The van der Waals surface area contributed by atoms with Gasteiger partial charge in [0, 0.05) is 0 Å². The minimum atomic E-state index is -0.632. The Morgan fingerprint density at radius 2 is 1.16 bits per heavy atom. The summed E-state index contributed by atoms with van der Waals surface area (Å²) in [7, 11) is -0.632. The molecule has 3 rings (SSSR count). The molecule has 3 aromatic carbocycles. The lowest BCUT2D eigenvalue weighted by atomic mass is 10.2. The van der Waals surface area contributed by atoms with Crippen LogP contribution < -0.4 is 4.74 Å². The van der Waals surface area contributed by atoms with Gasteiger partial charge in [0.15, 0.2) is 0 Å². The van der Waals surface area contributed by atoms with Crippen molar-refractivity contribution in [3.63, 3.8) is 0 Å². The fraction of sp³-hybridized carbons (Fsp3) is 0.136. The Balaban J connectivity index is 1.93. The van der Waals surface area contributed by atoms with Gasteiger partial charge in [-0.2, -0.15) is 10.9 Å². The second-order valence-electron chi connectivity index (χ2n) is 6.08. The molecular weight excluding hydrogens is 328 g/mol. The fourth-order valence-electron chi connectivity index (χ4n) is 2.50. The average molecular weight is 350 g/mol. The number of hydrogen-bond acceptors (Lipinski definition) is 2. The Kier molecular flexibility index (Phi) is 5.56. The van der Waals surface area contributed by atoms with Gasteiger partial charge in [-0.3, -0.25) is 4.79 Å². The van der Waals surface area contributed by atoms with Crippen LogP contribution in [0.1, 0.15) is 13.8 Å². The van der Waals surface area contributed by atoms with E-state index < -0.39 is 10.9 Å². The van der Waals surface area contributed by atoms with Crippen LogP contribution in [0.3, 0.4) is 0 Å². The molecule has 0 atom stereocenters. The van der Waals surface area contributed by atoms with E-state index in [0.29, 0.717) is 5.75 Å². The van der Waals surface area contributed by atoms with Crippen LogP contribution in [0.2, 0.25) is 0 Å². The summed E-state index contributed by atoms with van der Waals surface area (Å²) in [5.74, 6) is 0.255. The quantitative estimate of drug-likeness (QED) is 0.361. The summed E-state index contributed by atoms with van der Waals surface area (Å²) in [4.78, 5) is 15.6. The maximum Gasteiger partial charge on any atom is 0.313 e. The van der Waals surface area contributed by atoms with Gasteiger partial charge < -0.3 is 4.74 Å². The van der Waals surface area contributed by atoms with E-state index in [1.165, 1.54) is 14.7 Å². The fourth-order valence-corrected chi connectivity index (χ4v) is 4.78. The number of carbonyl (C=O) groups excluding carboxylic acids is 1. The van der Waals surface area contributed by atoms with Crippen molar-refractivity contribution in [3.05, 3.63) is 84.9 Å². The molecule has 0 aliphatic heterocycles. The average Bonchev–Trinajstić information content (AvgIpc) is 2.65. The van der Waals surface area contributed by atoms with Gasteiger partial charge in [-0.05, 0) is 63.2 Å². The van der Waals surface area contributed by atoms with Crippen LogP contribution in [0.5, 0.6) is 5.75 Å². The van der Waals surface area contributed by atoms with E-state index in [-0.39, 0.29) is 11.9 Å². The van der Waals surface area contributed by atoms with Crippen molar-refractivity contribution in [2.24, 2.45) is 5.92 Å². The summed E-state index contributed by atoms with van der Waals surface area (Å²) in [5.41, 5.74) is 0. The van der Waals surface area contributed by atoms with E-state index in [1.807, 2.05) is 38.1 Å². The third kappa shape index (κ3) is 4.31. The summed E-state index contributed by atoms with van der Waals surface area (Å²) in [6.07, 6.45) is 0. The van der Waals surface area contributed by atoms with Crippen molar-refractivity contribution in [3.8, 4) is 5.75 Å². The largest absolute Gasteiger partial charge is 0.426 e. The maximum atomic E-state index is 11.8. The van der Waals surface area contributed by atoms with Gasteiger partial charge in [-0.15, -0.1) is 0 Å². The summed E-state index contributed by atoms with van der Waals surface area (Å²) in [6.45, 7) is 3.67. The molecule has 128 valence electrons. The second kappa shape index (κ2) is 8.04. The molecule has 0 saturated carbocycles. The highest BCUT2D eigenvalue weighted by molar-refractivity contribution is 8.17. The zero-order valence-corrected chi connectivity index (χ0v) is 15.3. The summed E-state index contributed by atoms with van der Waals surface area (Å²) < 4.78 is 5.39. The van der Waals surface area contributed by atoms with Crippen LogP contribution in [0.15, 0.2) is 99.6 Å². The highest BCUT2D eigenvalue weighted by Gasteiger charge is 2.14. The third-order valence-corrected chi connectivity index (χ3v) is 6.26. The number of thiol groups is 1. The highest BCUT2D eigenvalue weighted by Crippen LogP contribution is 2.51. The summed E-state index contributed by atoms with van der Waals surface area (Å²) in [5, 5.41) is 0. The predicted octanol–water partition coefficient (Wildman–Crippen LogP) is 5.73. The van der Waals surface area contributed by atoms with E-state index in [1.54, 1.807) is 0 Å². The van der Waals surface area contributed by atoms with Crippen molar-refractivity contribution < 1.29 is 9.53 Å². The monoisotopic (exact) mass is 350 g/mol. The molecule has 0 saturated heterocycles. The SMILES string of the molecule is CC(C)C(=O)Oc1ccc([SH](c2ccccc2)c2ccccc2)cc1. The van der Waals surface area contributed by atoms with Gasteiger partial charge in [-0.1, -0.05) is 50.2 Å². The molecule has 0 N–H and O–H groups in total. The summed E-state index contributed by atoms with van der Waals surface area (Å²) in [6, 6.07) is 29.0. The van der Waals surface area contributed by atoms with E-state index in [0.717, 1.165) is 0 Å². The van der Waals surface area contributed by atoms with Crippen LogP contribution >= 0.6 is 10.9 Å². The molecule has 0 aliphatic rings. The number of carbonyl (C=O) groups is 1. The zero-order chi connectivity index (χ0) is 17.6. The molecule has 3 heteroatoms. The van der Waals surface area contributed by atoms with E-state index in [4.69, 9.17) is 4.74 Å². The van der Waals surface area contributed by atoms with Gasteiger partial charge in [0.2, 0.25) is 0 Å². The zero-order valence-electron chi connectivity index (χ0n) is 14.4. The van der Waals surface area contributed by atoms with Crippen LogP contribution in [-0.4, -0.2) is 5.97 Å². The number of rotatable bonds is 5. The Hall–Kier alpha value is -2.52. The van der Waals surface area contributed by atoms with E-state index in [2.05, 4.69) is 60.7 Å². The minimum Gasteiger partial charge on any atom is -0.426 e. The predicted molar refractivity (Wildman–Crippen MR) is 104 cm³/mol. The van der Waals surface area contributed by atoms with E-state index >= 15 is 0 Å². The molecule has 0 heterocycles. The molecule has 0 fully saturated rings. The van der Waals surface area contributed by atoms with Crippen molar-refractivity contribution in [1.82, 2.24) is 0 Å². The molecular formula is C22H22O2S. The van der Waals surface area contributed by atoms with Crippen molar-refractivity contribution in [1.29, 1.82) is 0 Å². The van der Waals surface area contributed by atoms with Gasteiger partial charge in [0.1, 0.15) is 5.75 Å². The molecule has 3 aromatic rings. The first-order chi connectivity index (χ1) is 12.1. The molecule has 0 bridgehead atoms. The number of hydrogen-bond donors (Lipinski definition) is 1. The van der Waals surface area contributed by atoms with Crippen molar-refractivity contribution in [2.75, 3.05) is 0 Å². The first-order valence-corrected chi connectivity index (χ1v) is 9.71. The van der Waals surface area contributed by atoms with Gasteiger partial charge >= 0.3 is 5.97 Å². The van der Waals surface area contributed by atoms with Crippen LogP contribution in [0.25, 0.3) is 0 Å². The number of esters is 1. The normalized spacial score (nSPS) is 11.2. The number of benzene rings is 3. The first kappa shape index (κ1) is 17.3. The van der Waals surface area contributed by atoms with Crippen molar-refractivity contribution >= 4 is 16.9 Å². The number of ether oxygens (including phenoxy) is 1. The molecule has 0 amide bonds. The molecule has 0 radical (unpaired) electrons. The standard InChI is InChI=1S/C22H22O2S/c1-17(2)22(23)24-18-13-15-21(16-14-18)25(19-9-5-3-6-10-19)20-11-7-4-8-12-20/h3-17,25H,1-2H3. The summed E-state index contributed by atoms with van der Waals surface area (Å²) >= 11 is 0. The minimum absolute atomic E-state index is 0.134. The van der Waals surface area contributed by atoms with Crippen molar-refractivity contribution in [2.45, 2.75) is 28.5 Å². The first-order valence-electron chi connectivity index (χ1n) is 8.37. The molecule has 0 aliphatic carbocycles. The Morgan fingerprint density at radius 3 is 1.60 bits per heavy atom. The Labute approximate surface area is 151 Å². The molecule has 0 aromatic heterocycles. The van der Waals surface area contributed by atoms with Gasteiger partial charge in [0.05, 0.1) is 5.92 Å². The molecule has 0 unspecified atom stereocenters. The lowest BCUT2D eigenvalue weighted by molar-refractivity contribution is -0.137. The second-order valence-corrected chi connectivity index (χ2v) is 8.30. The molecule has 25 heavy (non-hydrogen) atoms. The van der Waals surface area contributed by atoms with Gasteiger partial charge in [0.25, 0.3) is 0 Å². The van der Waals surface area contributed by atoms with E-state index in [9.17, 15) is 4.79 Å². The third-order valence-electron chi connectivity index (χ3n) is 3.81. The highest BCUT2D eigenvalue weighted by atomic mass is 32.2. The maximum absolute atomic E-state index is 11.8. The Bertz CT molecular complexity index is 772. The smallest absolute Gasteiger partial charge is 0.313 e. The Morgan fingerprint density at radius 1 is 0.720 bits per heavy atom. The lowest BCUT2D eigenvalue weighted by Crippen LogP contribution is -2.14. The van der Waals surface area contributed by atoms with Crippen LogP contribution in [-0.2, 0) is 4.79 Å².